The van der Waals surface area contributed by atoms with Gasteiger partial charge < -0.3 is 19.5 Å². The van der Waals surface area contributed by atoms with E-state index < -0.39 is 42.3 Å². The lowest BCUT2D eigenvalue weighted by molar-refractivity contribution is -0.152. The van der Waals surface area contributed by atoms with Gasteiger partial charge in [-0.2, -0.15) is 0 Å². The summed E-state index contributed by atoms with van der Waals surface area (Å²) in [6.07, 6.45) is -0.516. The Balaban J connectivity index is 1.42. The Bertz CT molecular complexity index is 1630. The molecular formula is C27H24N8O6. The summed E-state index contributed by atoms with van der Waals surface area (Å²) in [6, 6.07) is 14.4. The van der Waals surface area contributed by atoms with Crippen LogP contribution in [0.15, 0.2) is 72.4 Å². The molecule has 0 radical (unpaired) electrons. The number of imidazole rings is 1. The number of ether oxygens (including phenoxy) is 3. The van der Waals surface area contributed by atoms with Gasteiger partial charge >= 0.3 is 11.9 Å². The van der Waals surface area contributed by atoms with Crippen LogP contribution >= 0.6 is 0 Å². The lowest BCUT2D eigenvalue weighted by Gasteiger charge is -2.21. The third kappa shape index (κ3) is 5.83. The molecule has 14 heteroatoms. The van der Waals surface area contributed by atoms with Crippen LogP contribution in [0.3, 0.4) is 0 Å². The van der Waals surface area contributed by atoms with Crippen LogP contribution in [-0.2, 0) is 19.0 Å². The predicted octanol–water partition coefficient (Wildman–Crippen LogP) is 3.75. The summed E-state index contributed by atoms with van der Waals surface area (Å²) in [6.45, 7) is 2.82. The number of amides is 1. The first-order chi connectivity index (χ1) is 19.9. The van der Waals surface area contributed by atoms with Crippen molar-refractivity contribution in [1.29, 1.82) is 0 Å². The van der Waals surface area contributed by atoms with Gasteiger partial charge in [0.15, 0.2) is 29.3 Å². The Morgan fingerprint density at radius 1 is 1.07 bits per heavy atom. The number of nitrogens with zero attached hydrogens (tertiary/aromatic N) is 7. The van der Waals surface area contributed by atoms with Crippen LogP contribution in [0.25, 0.3) is 21.6 Å². The molecule has 4 atom stereocenters. The van der Waals surface area contributed by atoms with Gasteiger partial charge in [0.25, 0.3) is 5.91 Å². The maximum absolute atomic E-state index is 12.7. The van der Waals surface area contributed by atoms with E-state index in [1.807, 2.05) is 6.92 Å². The van der Waals surface area contributed by atoms with Crippen LogP contribution in [0.4, 0.5) is 5.82 Å². The second kappa shape index (κ2) is 11.8. The molecule has 0 saturated carbocycles. The van der Waals surface area contributed by atoms with Crippen molar-refractivity contribution in [3.8, 4) is 0 Å². The van der Waals surface area contributed by atoms with Crippen molar-refractivity contribution in [2.24, 2.45) is 5.11 Å². The number of carbonyl (C=O) groups is 3. The SMILES string of the molecule is CC(=O)O[C@@H]1[C@H](N=[N+]=[N-])[C@@H](COC(=O)c2ccc(C)cc2)O[C@H]1n1cnc2c(NC(=O)c3ccccc3)ncnc21. The number of benzene rings is 2. The monoisotopic (exact) mass is 556 g/mol. The van der Waals surface area contributed by atoms with E-state index in [1.54, 1.807) is 54.6 Å². The number of aromatic nitrogens is 4. The summed E-state index contributed by atoms with van der Waals surface area (Å²) in [7, 11) is 0. The van der Waals surface area contributed by atoms with Gasteiger partial charge in [0.05, 0.1) is 11.9 Å². The van der Waals surface area contributed by atoms with E-state index in [4.69, 9.17) is 14.2 Å². The van der Waals surface area contributed by atoms with Crippen molar-refractivity contribution >= 4 is 34.8 Å². The highest BCUT2D eigenvalue weighted by Crippen LogP contribution is 2.36. The topological polar surface area (TPSA) is 183 Å². The summed E-state index contributed by atoms with van der Waals surface area (Å²) < 4.78 is 18.6. The minimum Gasteiger partial charge on any atom is -0.459 e. The molecule has 14 nitrogen and oxygen atoms in total. The van der Waals surface area contributed by atoms with Gasteiger partial charge in [0.1, 0.15) is 25.1 Å². The lowest BCUT2D eigenvalue weighted by atomic mass is 10.1. The quantitative estimate of drug-likeness (QED) is 0.146. The average Bonchev–Trinajstić information content (AvgIpc) is 3.54. The Morgan fingerprint density at radius 2 is 1.83 bits per heavy atom. The summed E-state index contributed by atoms with van der Waals surface area (Å²) >= 11 is 0. The number of azide groups is 1. The highest BCUT2D eigenvalue weighted by Gasteiger charge is 2.48. The van der Waals surface area contributed by atoms with Gasteiger partial charge in [-0.05, 0) is 36.7 Å². The molecule has 2 aromatic heterocycles. The molecule has 0 bridgehead atoms. The van der Waals surface area contributed by atoms with Gasteiger partial charge in [-0.1, -0.05) is 41.0 Å². The number of esters is 2. The number of aryl methyl sites for hydroxylation is 1. The zero-order valence-corrected chi connectivity index (χ0v) is 21.9. The van der Waals surface area contributed by atoms with E-state index in [2.05, 4.69) is 30.3 Å². The van der Waals surface area contributed by atoms with Crippen molar-refractivity contribution in [2.45, 2.75) is 38.3 Å². The molecule has 0 aliphatic carbocycles. The Kier molecular flexibility index (Phi) is 7.85. The molecular weight excluding hydrogens is 532 g/mol. The molecule has 41 heavy (non-hydrogen) atoms. The largest absolute Gasteiger partial charge is 0.459 e. The zero-order chi connectivity index (χ0) is 28.9. The van der Waals surface area contributed by atoms with Crippen LogP contribution in [0.1, 0.15) is 39.4 Å². The maximum Gasteiger partial charge on any atom is 0.338 e. The maximum atomic E-state index is 12.7. The molecule has 1 N–H and O–H groups in total. The Hall–Kier alpha value is -5.33. The summed E-state index contributed by atoms with van der Waals surface area (Å²) in [5.74, 6) is -1.48. The first-order valence-electron chi connectivity index (χ1n) is 12.5. The molecule has 1 aliphatic heterocycles. The van der Waals surface area contributed by atoms with Gasteiger partial charge in [-0.25, -0.2) is 19.7 Å². The number of rotatable bonds is 8. The van der Waals surface area contributed by atoms with E-state index in [0.717, 1.165) is 5.56 Å². The van der Waals surface area contributed by atoms with Crippen LogP contribution in [0.2, 0.25) is 0 Å². The molecule has 0 unspecified atom stereocenters. The molecule has 1 amide bonds. The van der Waals surface area contributed by atoms with E-state index in [-0.39, 0.29) is 23.6 Å². The molecule has 3 heterocycles. The fourth-order valence-corrected chi connectivity index (χ4v) is 4.43. The molecule has 4 aromatic rings. The second-order valence-electron chi connectivity index (χ2n) is 9.17. The van der Waals surface area contributed by atoms with E-state index in [0.29, 0.717) is 11.1 Å². The lowest BCUT2D eigenvalue weighted by Crippen LogP contribution is -2.36. The molecule has 0 spiro atoms. The molecule has 208 valence electrons. The smallest absolute Gasteiger partial charge is 0.338 e. The van der Waals surface area contributed by atoms with Crippen molar-refractivity contribution in [3.05, 3.63) is 94.4 Å². The minimum absolute atomic E-state index is 0.153. The number of fused-ring (bicyclic) bond motifs is 1. The summed E-state index contributed by atoms with van der Waals surface area (Å²) in [5.41, 5.74) is 11.5. The van der Waals surface area contributed by atoms with Gasteiger partial charge in [0, 0.05) is 17.4 Å². The number of hydrogen-bond acceptors (Lipinski definition) is 10. The van der Waals surface area contributed by atoms with Crippen LogP contribution in [0, 0.1) is 6.92 Å². The minimum atomic E-state index is -1.11. The van der Waals surface area contributed by atoms with Gasteiger partial charge in [0.2, 0.25) is 0 Å². The van der Waals surface area contributed by atoms with Crippen LogP contribution in [0.5, 0.6) is 0 Å². The first-order valence-corrected chi connectivity index (χ1v) is 12.5. The molecule has 1 aliphatic rings. The standard InChI is InChI=1S/C27H24N8O6/c1-15-8-10-18(11-9-15)27(38)39-12-19-20(33-34-28)22(40-16(2)36)26(41-19)35-14-31-21-23(29-13-30-24(21)35)32-25(37)17-6-4-3-5-7-17/h3-11,13-14,19-20,22,26H,12H2,1-2H3,(H,29,30,32,37)/t19-,20-,22-,26-/m1/s1. The first kappa shape index (κ1) is 27.2. The average molecular weight is 557 g/mol. The van der Waals surface area contributed by atoms with Crippen molar-refractivity contribution < 1.29 is 28.6 Å². The fourth-order valence-electron chi connectivity index (χ4n) is 4.43. The molecule has 1 saturated heterocycles. The van der Waals surface area contributed by atoms with E-state index >= 15 is 0 Å². The molecule has 1 fully saturated rings. The number of nitrogens with one attached hydrogen (secondary N) is 1. The van der Waals surface area contributed by atoms with Gasteiger partial charge in [-0.3, -0.25) is 14.2 Å². The van der Waals surface area contributed by atoms with Crippen LogP contribution < -0.4 is 5.32 Å². The normalized spacial score (nSPS) is 19.8. The Morgan fingerprint density at radius 3 is 2.54 bits per heavy atom. The molecule has 5 rings (SSSR count). The third-order valence-corrected chi connectivity index (χ3v) is 6.37. The Labute approximate surface area is 232 Å². The number of carbonyl (C=O) groups excluding carboxylic acids is 3. The second-order valence-corrected chi connectivity index (χ2v) is 9.17. The summed E-state index contributed by atoms with van der Waals surface area (Å²) in [5, 5.41) is 6.52. The van der Waals surface area contributed by atoms with E-state index in [1.165, 1.54) is 24.1 Å². The van der Waals surface area contributed by atoms with Gasteiger partial charge in [-0.15, -0.1) is 0 Å². The number of anilines is 1. The zero-order valence-electron chi connectivity index (χ0n) is 21.9. The van der Waals surface area contributed by atoms with Crippen LogP contribution in [-0.4, -0.2) is 62.2 Å². The fraction of sp³-hybridized carbons (Fsp3) is 0.259. The summed E-state index contributed by atoms with van der Waals surface area (Å²) in [4.78, 5) is 53.0. The van der Waals surface area contributed by atoms with E-state index in [9.17, 15) is 19.9 Å². The van der Waals surface area contributed by atoms with Crippen molar-refractivity contribution in [1.82, 2.24) is 19.5 Å². The van der Waals surface area contributed by atoms with Crippen molar-refractivity contribution in [2.75, 3.05) is 11.9 Å². The predicted molar refractivity (Wildman–Crippen MR) is 144 cm³/mol. The van der Waals surface area contributed by atoms with Crippen molar-refractivity contribution in [3.63, 3.8) is 0 Å². The highest BCUT2D eigenvalue weighted by molar-refractivity contribution is 6.06. The molecule has 2 aromatic carbocycles. The number of hydrogen-bond donors (Lipinski definition) is 1. The third-order valence-electron chi connectivity index (χ3n) is 6.37. The highest BCUT2D eigenvalue weighted by atomic mass is 16.6.